The topological polar surface area (TPSA) is 21.3 Å². The lowest BCUT2D eigenvalue weighted by atomic mass is 9.88. The number of hydrogen-bond acceptors (Lipinski definition) is 3. The molecule has 1 aromatic rings. The first-order valence-electron chi connectivity index (χ1n) is 5.91. The van der Waals surface area contributed by atoms with Gasteiger partial charge in [0, 0.05) is 17.1 Å². The van der Waals surface area contributed by atoms with Crippen LogP contribution in [-0.4, -0.2) is 17.7 Å². The zero-order chi connectivity index (χ0) is 11.8. The lowest BCUT2D eigenvalue weighted by Crippen LogP contribution is -2.44. The van der Waals surface area contributed by atoms with Crippen molar-refractivity contribution in [3.63, 3.8) is 0 Å². The highest BCUT2D eigenvalue weighted by Crippen LogP contribution is 2.31. The van der Waals surface area contributed by atoms with Crippen LogP contribution in [0.5, 0.6) is 0 Å². The highest BCUT2D eigenvalue weighted by Gasteiger charge is 2.32. The Morgan fingerprint density at radius 2 is 2.00 bits per heavy atom. The molecule has 3 heteroatoms. The van der Waals surface area contributed by atoms with Gasteiger partial charge in [0.25, 0.3) is 0 Å². The van der Waals surface area contributed by atoms with Crippen LogP contribution in [0.4, 0.5) is 5.69 Å². The molecule has 0 atom stereocenters. The maximum absolute atomic E-state index is 5.92. The summed E-state index contributed by atoms with van der Waals surface area (Å²) in [6.07, 6.45) is 2.70. The molecule has 1 aliphatic rings. The zero-order valence-corrected chi connectivity index (χ0v) is 11.4. The molecule has 0 saturated heterocycles. The van der Waals surface area contributed by atoms with E-state index >= 15 is 0 Å². The minimum Gasteiger partial charge on any atom is -0.381 e. The maximum Gasteiger partial charge on any atom is 0.0621 e. The van der Waals surface area contributed by atoms with Gasteiger partial charge in [0.1, 0.15) is 0 Å². The third-order valence-corrected chi connectivity index (χ3v) is 3.69. The second-order valence-corrected chi connectivity index (χ2v) is 6.38. The van der Waals surface area contributed by atoms with Gasteiger partial charge >= 0.3 is 0 Å². The molecule has 0 radical (unpaired) electrons. The Hall–Kier alpha value is -0.540. The normalized spacial score (nSPS) is 25.2. The number of nitrogens with one attached hydrogen (secondary N) is 1. The molecule has 0 aliphatic heterocycles. The van der Waals surface area contributed by atoms with Crippen molar-refractivity contribution in [2.75, 3.05) is 5.32 Å². The highest BCUT2D eigenvalue weighted by atomic mass is 32.1. The van der Waals surface area contributed by atoms with E-state index in [1.165, 1.54) is 11.3 Å². The third kappa shape index (κ3) is 2.98. The summed E-state index contributed by atoms with van der Waals surface area (Å²) in [4.78, 5) is 0. The van der Waals surface area contributed by atoms with E-state index < -0.39 is 0 Å². The molecular weight excluding hydrogens is 218 g/mol. The van der Waals surface area contributed by atoms with E-state index in [0.29, 0.717) is 12.1 Å². The van der Waals surface area contributed by atoms with Crippen LogP contribution >= 0.6 is 11.3 Å². The Kier molecular flexibility index (Phi) is 3.27. The Bertz CT molecular complexity index is 347. The molecule has 0 unspecified atom stereocenters. The lowest BCUT2D eigenvalue weighted by Gasteiger charge is -2.40. The van der Waals surface area contributed by atoms with E-state index in [1.807, 2.05) is 0 Å². The molecule has 0 amide bonds. The summed E-state index contributed by atoms with van der Waals surface area (Å²) in [7, 11) is 0. The second kappa shape index (κ2) is 4.38. The van der Waals surface area contributed by atoms with Crippen molar-refractivity contribution < 1.29 is 4.74 Å². The van der Waals surface area contributed by atoms with Gasteiger partial charge in [-0.05, 0) is 51.5 Å². The van der Waals surface area contributed by atoms with Gasteiger partial charge in [-0.1, -0.05) is 0 Å². The first kappa shape index (κ1) is 11.9. The number of anilines is 1. The van der Waals surface area contributed by atoms with Gasteiger partial charge in [-0.2, -0.15) is 0 Å². The van der Waals surface area contributed by atoms with E-state index in [-0.39, 0.29) is 5.60 Å². The zero-order valence-electron chi connectivity index (χ0n) is 10.5. The average Bonchev–Trinajstić information content (AvgIpc) is 2.46. The van der Waals surface area contributed by atoms with Crippen LogP contribution in [0.2, 0.25) is 0 Å². The molecule has 1 saturated carbocycles. The average molecular weight is 239 g/mol. The Morgan fingerprint density at radius 1 is 1.31 bits per heavy atom. The van der Waals surface area contributed by atoms with Crippen molar-refractivity contribution in [2.24, 2.45) is 0 Å². The van der Waals surface area contributed by atoms with Crippen molar-refractivity contribution in [2.45, 2.75) is 58.3 Å². The fourth-order valence-corrected chi connectivity index (χ4v) is 2.80. The molecule has 16 heavy (non-hydrogen) atoms. The molecular formula is C13H21NOS. The first-order chi connectivity index (χ1) is 7.44. The molecule has 1 aliphatic carbocycles. The van der Waals surface area contributed by atoms with Gasteiger partial charge in [0.15, 0.2) is 0 Å². The lowest BCUT2D eigenvalue weighted by molar-refractivity contribution is -0.0953. The molecule has 90 valence electrons. The van der Waals surface area contributed by atoms with E-state index in [2.05, 4.69) is 43.8 Å². The van der Waals surface area contributed by atoms with Gasteiger partial charge < -0.3 is 10.1 Å². The van der Waals surface area contributed by atoms with Crippen molar-refractivity contribution >= 4 is 17.0 Å². The molecule has 1 heterocycles. The van der Waals surface area contributed by atoms with E-state index in [4.69, 9.17) is 4.74 Å². The van der Waals surface area contributed by atoms with Crippen molar-refractivity contribution in [1.82, 2.24) is 0 Å². The van der Waals surface area contributed by atoms with Crippen LogP contribution in [0.1, 0.15) is 39.2 Å². The fraction of sp³-hybridized carbons (Fsp3) is 0.692. The molecule has 2 rings (SSSR count). The van der Waals surface area contributed by atoms with Crippen LogP contribution in [0.25, 0.3) is 0 Å². The largest absolute Gasteiger partial charge is 0.381 e. The minimum absolute atomic E-state index is 0.00602. The quantitative estimate of drug-likeness (QED) is 0.866. The van der Waals surface area contributed by atoms with Crippen LogP contribution in [0, 0.1) is 6.92 Å². The Morgan fingerprint density at radius 3 is 2.50 bits per heavy atom. The molecule has 1 N–H and O–H groups in total. The Labute approximate surface area is 102 Å². The molecule has 2 nitrogen and oxygen atoms in total. The summed E-state index contributed by atoms with van der Waals surface area (Å²) in [5, 5.41) is 7.95. The number of aryl methyl sites for hydroxylation is 1. The van der Waals surface area contributed by atoms with Gasteiger partial charge in [-0.3, -0.25) is 0 Å². The highest BCUT2D eigenvalue weighted by molar-refractivity contribution is 7.08. The monoisotopic (exact) mass is 239 g/mol. The van der Waals surface area contributed by atoms with Crippen molar-refractivity contribution in [3.05, 3.63) is 16.3 Å². The predicted octanol–water partition coefficient (Wildman–Crippen LogP) is 3.81. The van der Waals surface area contributed by atoms with Gasteiger partial charge in [-0.15, -0.1) is 11.3 Å². The van der Waals surface area contributed by atoms with Crippen LogP contribution in [0.15, 0.2) is 10.8 Å². The second-order valence-electron chi connectivity index (χ2n) is 5.63. The first-order valence-corrected chi connectivity index (χ1v) is 6.85. The third-order valence-electron chi connectivity index (χ3n) is 2.83. The summed E-state index contributed by atoms with van der Waals surface area (Å²) in [5.41, 5.74) is 2.64. The smallest absolute Gasteiger partial charge is 0.0621 e. The maximum atomic E-state index is 5.92. The predicted molar refractivity (Wildman–Crippen MR) is 70.3 cm³/mol. The number of thiophene rings is 1. The summed E-state index contributed by atoms with van der Waals surface area (Å²) in [6.45, 7) is 8.52. The summed E-state index contributed by atoms with van der Waals surface area (Å²) >= 11 is 1.76. The van der Waals surface area contributed by atoms with Gasteiger partial charge in [0.2, 0.25) is 0 Å². The van der Waals surface area contributed by atoms with E-state index in [0.717, 1.165) is 12.8 Å². The molecule has 0 bridgehead atoms. The number of ether oxygens (including phenoxy) is 1. The summed E-state index contributed by atoms with van der Waals surface area (Å²) < 4.78 is 5.92. The minimum atomic E-state index is -0.00602. The SMILES string of the molecule is Cc1cscc1NC1CC(OC(C)(C)C)C1. The van der Waals surface area contributed by atoms with E-state index in [9.17, 15) is 0 Å². The van der Waals surface area contributed by atoms with Crippen LogP contribution < -0.4 is 5.32 Å². The van der Waals surface area contributed by atoms with Crippen molar-refractivity contribution in [3.8, 4) is 0 Å². The van der Waals surface area contributed by atoms with Crippen LogP contribution in [0.3, 0.4) is 0 Å². The van der Waals surface area contributed by atoms with Gasteiger partial charge in [0.05, 0.1) is 11.7 Å². The standard InChI is InChI=1S/C13H21NOS/c1-9-7-16-8-12(9)14-10-5-11(6-10)15-13(2,3)4/h7-8,10-11,14H,5-6H2,1-4H3. The summed E-state index contributed by atoms with van der Waals surface area (Å²) in [5.74, 6) is 0. The Balaban J connectivity index is 1.75. The molecule has 1 aromatic heterocycles. The number of rotatable bonds is 3. The number of hydrogen-bond donors (Lipinski definition) is 1. The van der Waals surface area contributed by atoms with E-state index in [1.54, 1.807) is 11.3 Å². The van der Waals surface area contributed by atoms with Gasteiger partial charge in [-0.25, -0.2) is 0 Å². The molecule has 0 aromatic carbocycles. The summed E-state index contributed by atoms with van der Waals surface area (Å²) in [6, 6.07) is 0.598. The molecule has 1 fully saturated rings. The molecule has 0 spiro atoms. The fourth-order valence-electron chi connectivity index (χ4n) is 2.01. The van der Waals surface area contributed by atoms with Crippen molar-refractivity contribution in [1.29, 1.82) is 0 Å². The van der Waals surface area contributed by atoms with Crippen LogP contribution in [-0.2, 0) is 4.74 Å².